The molecule has 20 heavy (non-hydrogen) atoms. The first kappa shape index (κ1) is 16.3. The van der Waals surface area contributed by atoms with Crippen LogP contribution in [-0.4, -0.2) is 41.3 Å². The molecule has 1 aromatic heterocycles. The average molecular weight is 295 g/mol. The van der Waals surface area contributed by atoms with Gasteiger partial charge in [-0.15, -0.1) is 0 Å². The Kier molecular flexibility index (Phi) is 8.26. The summed E-state index contributed by atoms with van der Waals surface area (Å²) in [7, 11) is 0. The number of H-pyrrole nitrogens is 1. The van der Waals surface area contributed by atoms with Crippen LogP contribution in [0.5, 0.6) is 0 Å². The number of guanidine groups is 1. The van der Waals surface area contributed by atoms with E-state index in [4.69, 9.17) is 11.0 Å². The third kappa shape index (κ3) is 6.45. The number of nitrogens with one attached hydrogen (secondary N) is 3. The summed E-state index contributed by atoms with van der Waals surface area (Å²) in [4.78, 5) is 11.6. The van der Waals surface area contributed by atoms with Crippen LogP contribution in [0.2, 0.25) is 0 Å². The molecule has 0 aliphatic rings. The van der Waals surface area contributed by atoms with E-state index in [0.717, 1.165) is 29.3 Å². The number of aromatic nitrogens is 2. The smallest absolute Gasteiger partial charge is 0.204 e. The Labute approximate surface area is 123 Å². The Morgan fingerprint density at radius 3 is 3.15 bits per heavy atom. The van der Waals surface area contributed by atoms with Crippen LogP contribution in [0.15, 0.2) is 11.3 Å². The van der Waals surface area contributed by atoms with E-state index in [-0.39, 0.29) is 0 Å². The van der Waals surface area contributed by atoms with Crippen LogP contribution in [0.3, 0.4) is 0 Å². The highest BCUT2D eigenvalue weighted by Gasteiger charge is 2.00. The number of rotatable bonds is 8. The molecule has 8 heteroatoms. The molecule has 0 saturated heterocycles. The minimum Gasteiger partial charge on any atom is -0.356 e. The van der Waals surface area contributed by atoms with Crippen molar-refractivity contribution in [1.82, 2.24) is 20.6 Å². The molecule has 0 bridgehead atoms. The van der Waals surface area contributed by atoms with Gasteiger partial charge in [0.15, 0.2) is 6.19 Å². The molecule has 0 aromatic carbocycles. The first-order chi connectivity index (χ1) is 9.77. The highest BCUT2D eigenvalue weighted by molar-refractivity contribution is 7.98. The predicted molar refractivity (Wildman–Crippen MR) is 82.2 cm³/mol. The standard InChI is InChI=1S/C12H21N7S/c1-10-11(19-9-18-10)7-20-6-5-16-12(17-8-14)15-4-2-3-13/h9H,2-7,13H2,1H3,(H,18,19)(H2,15,16,17). The van der Waals surface area contributed by atoms with Crippen molar-refractivity contribution < 1.29 is 0 Å². The zero-order valence-corrected chi connectivity index (χ0v) is 12.5. The lowest BCUT2D eigenvalue weighted by Gasteiger charge is -2.06. The molecule has 1 heterocycles. The fraction of sp³-hybridized carbons (Fsp3) is 0.583. The summed E-state index contributed by atoms with van der Waals surface area (Å²) in [5, 5.41) is 14.2. The molecular weight excluding hydrogens is 274 g/mol. The monoisotopic (exact) mass is 295 g/mol. The van der Waals surface area contributed by atoms with E-state index in [2.05, 4.69) is 25.6 Å². The summed E-state index contributed by atoms with van der Waals surface area (Å²) in [5.74, 6) is 2.26. The number of nitrogens with zero attached hydrogens (tertiary/aromatic N) is 3. The molecule has 0 aliphatic carbocycles. The maximum Gasteiger partial charge on any atom is 0.204 e. The molecule has 0 aliphatic heterocycles. The molecule has 0 spiro atoms. The topological polar surface area (TPSA) is 115 Å². The maximum atomic E-state index is 8.63. The van der Waals surface area contributed by atoms with E-state index < -0.39 is 0 Å². The van der Waals surface area contributed by atoms with E-state index in [1.165, 1.54) is 0 Å². The van der Waals surface area contributed by atoms with Crippen molar-refractivity contribution >= 4 is 17.7 Å². The molecule has 0 atom stereocenters. The van der Waals surface area contributed by atoms with Crippen LogP contribution in [0.25, 0.3) is 0 Å². The normalized spacial score (nSPS) is 11.2. The summed E-state index contributed by atoms with van der Waals surface area (Å²) >= 11 is 1.77. The fourth-order valence-electron chi connectivity index (χ4n) is 1.42. The van der Waals surface area contributed by atoms with Gasteiger partial charge in [0, 0.05) is 23.7 Å². The molecule has 110 valence electrons. The van der Waals surface area contributed by atoms with Gasteiger partial charge in [-0.2, -0.15) is 17.0 Å². The summed E-state index contributed by atoms with van der Waals surface area (Å²) < 4.78 is 0. The number of thioether (sulfide) groups is 1. The van der Waals surface area contributed by atoms with Gasteiger partial charge in [0.2, 0.25) is 5.96 Å². The number of nitriles is 1. The molecule has 1 rings (SSSR count). The van der Waals surface area contributed by atoms with E-state index >= 15 is 0 Å². The van der Waals surface area contributed by atoms with Crippen molar-refractivity contribution in [1.29, 1.82) is 5.26 Å². The number of aryl methyl sites for hydroxylation is 1. The van der Waals surface area contributed by atoms with Crippen molar-refractivity contribution in [2.75, 3.05) is 25.4 Å². The molecular formula is C12H21N7S. The Balaban J connectivity index is 2.22. The van der Waals surface area contributed by atoms with Gasteiger partial charge in [-0.25, -0.2) is 4.98 Å². The first-order valence-electron chi connectivity index (χ1n) is 6.48. The summed E-state index contributed by atoms with van der Waals surface area (Å²) in [6.45, 7) is 3.99. The van der Waals surface area contributed by atoms with Gasteiger partial charge in [0.1, 0.15) is 0 Å². The third-order valence-electron chi connectivity index (χ3n) is 2.53. The number of hydrogen-bond donors (Lipinski definition) is 4. The van der Waals surface area contributed by atoms with Gasteiger partial charge >= 0.3 is 0 Å². The molecule has 5 N–H and O–H groups in total. The van der Waals surface area contributed by atoms with Crippen molar-refractivity contribution in [3.8, 4) is 6.19 Å². The van der Waals surface area contributed by atoms with Crippen molar-refractivity contribution in [3.05, 3.63) is 17.7 Å². The highest BCUT2D eigenvalue weighted by Crippen LogP contribution is 2.11. The van der Waals surface area contributed by atoms with Gasteiger partial charge in [0.05, 0.1) is 18.6 Å². The molecule has 0 radical (unpaired) electrons. The minimum absolute atomic E-state index is 0.512. The predicted octanol–water partition coefficient (Wildman–Crippen LogP) is 0.316. The Bertz CT molecular complexity index is 449. The van der Waals surface area contributed by atoms with Crippen LogP contribution >= 0.6 is 11.8 Å². The molecule has 1 aromatic rings. The number of imidazole rings is 1. The number of aromatic amines is 1. The Morgan fingerprint density at radius 2 is 2.50 bits per heavy atom. The molecule has 0 saturated carbocycles. The van der Waals surface area contributed by atoms with Gasteiger partial charge < -0.3 is 16.0 Å². The second-order valence-electron chi connectivity index (χ2n) is 4.06. The van der Waals surface area contributed by atoms with E-state index in [9.17, 15) is 0 Å². The zero-order valence-electron chi connectivity index (χ0n) is 11.6. The lowest BCUT2D eigenvalue weighted by atomic mass is 10.4. The van der Waals surface area contributed by atoms with Crippen LogP contribution in [-0.2, 0) is 5.75 Å². The Morgan fingerprint density at radius 1 is 1.65 bits per heavy atom. The second-order valence-corrected chi connectivity index (χ2v) is 5.17. The van der Waals surface area contributed by atoms with Crippen molar-refractivity contribution in [3.63, 3.8) is 0 Å². The third-order valence-corrected chi connectivity index (χ3v) is 3.48. The van der Waals surface area contributed by atoms with Crippen LogP contribution < -0.4 is 16.4 Å². The lowest BCUT2D eigenvalue weighted by molar-refractivity contribution is 0.769. The van der Waals surface area contributed by atoms with Gasteiger partial charge in [-0.05, 0) is 19.9 Å². The Hall–Kier alpha value is -1.72. The maximum absolute atomic E-state index is 8.63. The SMILES string of the molecule is Cc1[nH]cnc1CSCC/N=C(\NC#N)NCCCN. The molecule has 0 fully saturated rings. The molecule has 7 nitrogen and oxygen atoms in total. The van der Waals surface area contributed by atoms with E-state index in [1.807, 2.05) is 13.1 Å². The van der Waals surface area contributed by atoms with Gasteiger partial charge in [-0.1, -0.05) is 0 Å². The summed E-state index contributed by atoms with van der Waals surface area (Å²) in [6.07, 6.45) is 4.42. The quantitative estimate of drug-likeness (QED) is 0.180. The van der Waals surface area contributed by atoms with Gasteiger partial charge in [-0.3, -0.25) is 10.3 Å². The van der Waals surface area contributed by atoms with Crippen LogP contribution in [0.1, 0.15) is 17.8 Å². The summed E-state index contributed by atoms with van der Waals surface area (Å²) in [5.41, 5.74) is 7.60. The molecule has 0 amide bonds. The number of aliphatic imine (C=N–C) groups is 1. The van der Waals surface area contributed by atoms with Crippen molar-refractivity contribution in [2.45, 2.75) is 19.1 Å². The van der Waals surface area contributed by atoms with Gasteiger partial charge in [0.25, 0.3) is 0 Å². The lowest BCUT2D eigenvalue weighted by Crippen LogP contribution is -2.36. The van der Waals surface area contributed by atoms with E-state index in [1.54, 1.807) is 18.1 Å². The number of hydrogen-bond acceptors (Lipinski definition) is 5. The minimum atomic E-state index is 0.512. The van der Waals surface area contributed by atoms with Crippen LogP contribution in [0.4, 0.5) is 0 Å². The molecule has 0 unspecified atom stereocenters. The fourth-order valence-corrected chi connectivity index (χ4v) is 2.27. The second kappa shape index (κ2) is 10.1. The highest BCUT2D eigenvalue weighted by atomic mass is 32.2. The number of nitrogens with two attached hydrogens (primary N) is 1. The van der Waals surface area contributed by atoms with Crippen LogP contribution in [0, 0.1) is 18.4 Å². The summed E-state index contributed by atoms with van der Waals surface area (Å²) in [6, 6.07) is 0. The largest absolute Gasteiger partial charge is 0.356 e. The van der Waals surface area contributed by atoms with E-state index in [0.29, 0.717) is 25.6 Å². The average Bonchev–Trinajstić information content (AvgIpc) is 2.84. The zero-order chi connectivity index (χ0) is 14.6. The first-order valence-corrected chi connectivity index (χ1v) is 7.63. The van der Waals surface area contributed by atoms with Crippen molar-refractivity contribution in [2.24, 2.45) is 10.7 Å².